The van der Waals surface area contributed by atoms with Crippen molar-refractivity contribution in [2.24, 2.45) is 0 Å². The van der Waals surface area contributed by atoms with Crippen molar-refractivity contribution in [3.63, 3.8) is 0 Å². The fourth-order valence-electron chi connectivity index (χ4n) is 4.37. The van der Waals surface area contributed by atoms with E-state index in [2.05, 4.69) is 20.9 Å². The van der Waals surface area contributed by atoms with Crippen LogP contribution in [0.25, 0.3) is 5.70 Å². The Kier molecular flexibility index (Phi) is 7.52. The molecule has 0 bridgehead atoms. The van der Waals surface area contributed by atoms with E-state index < -0.39 is 5.92 Å². The van der Waals surface area contributed by atoms with Gasteiger partial charge in [-0.3, -0.25) is 9.59 Å². The van der Waals surface area contributed by atoms with Gasteiger partial charge in [-0.2, -0.15) is 0 Å². The summed E-state index contributed by atoms with van der Waals surface area (Å²) in [5.74, 6) is -0.0173. The van der Waals surface area contributed by atoms with Crippen LogP contribution in [0, 0.1) is 0 Å². The predicted molar refractivity (Wildman–Crippen MR) is 133 cm³/mol. The highest BCUT2D eigenvalue weighted by Gasteiger charge is 2.35. The highest BCUT2D eigenvalue weighted by molar-refractivity contribution is 6.03. The Morgan fingerprint density at radius 1 is 1.03 bits per heavy atom. The second kappa shape index (κ2) is 10.9. The first-order chi connectivity index (χ1) is 16.5. The summed E-state index contributed by atoms with van der Waals surface area (Å²) < 4.78 is 0. The molecule has 0 fully saturated rings. The minimum absolute atomic E-state index is 0.113. The molecule has 0 spiro atoms. The molecule has 2 aliphatic heterocycles. The summed E-state index contributed by atoms with van der Waals surface area (Å²) in [6.07, 6.45) is 5.73. The van der Waals surface area contributed by atoms with Crippen LogP contribution in [-0.2, 0) is 14.4 Å². The number of amides is 2. The van der Waals surface area contributed by atoms with E-state index >= 15 is 0 Å². The SMILES string of the molecule is CC(=O)CCCCC[C@H](NC(=O)C1CC(=O)Nc2ccccc21)C1=[N+]C=C(c2ccccc2)N1. The Balaban J connectivity index is 1.46. The third-order valence-electron chi connectivity index (χ3n) is 6.16. The van der Waals surface area contributed by atoms with Crippen LogP contribution in [0.4, 0.5) is 5.69 Å². The van der Waals surface area contributed by atoms with Gasteiger partial charge in [0.2, 0.25) is 11.8 Å². The molecular formula is C27H30N4O3+. The average Bonchev–Trinajstić information content (AvgIpc) is 3.33. The van der Waals surface area contributed by atoms with Gasteiger partial charge in [0.05, 0.1) is 5.92 Å². The second-order valence-electron chi connectivity index (χ2n) is 8.80. The summed E-state index contributed by atoms with van der Waals surface area (Å²) in [7, 11) is 0. The van der Waals surface area contributed by atoms with Gasteiger partial charge in [-0.05, 0) is 36.4 Å². The molecular weight excluding hydrogens is 428 g/mol. The number of nitrogens with zero attached hydrogens (tertiary/aromatic N) is 1. The van der Waals surface area contributed by atoms with Crippen molar-refractivity contribution >= 4 is 34.8 Å². The number of para-hydroxylation sites is 1. The number of aliphatic imine (C=N–C) groups is 1. The molecule has 3 N–H and O–H groups in total. The van der Waals surface area contributed by atoms with Gasteiger partial charge < -0.3 is 15.4 Å². The number of hydrogen-bond donors (Lipinski definition) is 3. The highest BCUT2D eigenvalue weighted by atomic mass is 16.2. The quantitative estimate of drug-likeness (QED) is 0.475. The third kappa shape index (κ3) is 5.78. The lowest BCUT2D eigenvalue weighted by molar-refractivity contribution is -0.126. The maximum atomic E-state index is 13.4. The maximum absolute atomic E-state index is 13.4. The van der Waals surface area contributed by atoms with Crippen LogP contribution in [0.2, 0.25) is 0 Å². The van der Waals surface area contributed by atoms with Gasteiger partial charge in [0.15, 0.2) is 11.9 Å². The van der Waals surface area contributed by atoms with E-state index in [0.29, 0.717) is 24.4 Å². The predicted octanol–water partition coefficient (Wildman–Crippen LogP) is 3.47. The Labute approximate surface area is 199 Å². The van der Waals surface area contributed by atoms with E-state index in [9.17, 15) is 14.4 Å². The molecule has 175 valence electrons. The van der Waals surface area contributed by atoms with Gasteiger partial charge in [0.1, 0.15) is 11.8 Å². The molecule has 2 aromatic rings. The van der Waals surface area contributed by atoms with Gasteiger partial charge in [-0.25, -0.2) is 5.32 Å². The average molecular weight is 459 g/mol. The molecule has 0 aromatic heterocycles. The summed E-state index contributed by atoms with van der Waals surface area (Å²) in [6, 6.07) is 17.0. The summed E-state index contributed by atoms with van der Waals surface area (Å²) in [5, 5.41) is 9.36. The molecule has 2 heterocycles. The Hall–Kier alpha value is -3.74. The van der Waals surface area contributed by atoms with E-state index in [1.807, 2.05) is 54.6 Å². The van der Waals surface area contributed by atoms with Gasteiger partial charge in [-0.1, -0.05) is 61.4 Å². The molecule has 7 nitrogen and oxygen atoms in total. The molecule has 1 unspecified atom stereocenters. The van der Waals surface area contributed by atoms with Crippen LogP contribution in [0.15, 0.2) is 60.8 Å². The van der Waals surface area contributed by atoms with Crippen molar-refractivity contribution < 1.29 is 14.4 Å². The van der Waals surface area contributed by atoms with Crippen LogP contribution in [0.5, 0.6) is 0 Å². The van der Waals surface area contributed by atoms with Crippen molar-refractivity contribution in [3.05, 3.63) is 71.9 Å². The monoisotopic (exact) mass is 458 g/mol. The third-order valence-corrected chi connectivity index (χ3v) is 6.16. The number of nitrogens with one attached hydrogen (secondary N) is 3. The van der Waals surface area contributed by atoms with Crippen LogP contribution in [-0.4, -0.2) is 29.5 Å². The number of ketones is 1. The minimum Gasteiger partial charge on any atom is -0.341 e. The number of anilines is 1. The van der Waals surface area contributed by atoms with Gasteiger partial charge in [0.25, 0.3) is 0 Å². The van der Waals surface area contributed by atoms with E-state index in [-0.39, 0.29) is 30.1 Å². The van der Waals surface area contributed by atoms with Gasteiger partial charge in [0, 0.05) is 24.1 Å². The van der Waals surface area contributed by atoms with Crippen LogP contribution < -0.4 is 20.9 Å². The number of benzene rings is 2. The Bertz CT molecular complexity index is 1120. The largest absolute Gasteiger partial charge is 0.341 e. The van der Waals surface area contributed by atoms with Crippen molar-refractivity contribution in [2.45, 2.75) is 57.4 Å². The number of fused-ring (bicyclic) bond motifs is 1. The second-order valence-corrected chi connectivity index (χ2v) is 8.80. The van der Waals surface area contributed by atoms with Crippen molar-refractivity contribution in [1.82, 2.24) is 15.6 Å². The first-order valence-corrected chi connectivity index (χ1v) is 11.8. The standard InChI is InChI=1S/C27H30N4O3/c1-18(32)10-4-2-7-15-23(26-28-17-24(30-26)19-11-5-3-6-12-19)31-27(34)21-16-25(33)29-22-14-9-8-13-20(21)22/h3,5-6,8-9,11-14,17,21,23,30H,2,4,7,10,15-16H2,1H3,(H,29,33)(H,31,34)/q+1/t21?,23-/m0/s1. The summed E-state index contributed by atoms with van der Waals surface area (Å²) >= 11 is 0. The molecule has 0 saturated carbocycles. The zero-order chi connectivity index (χ0) is 23.9. The van der Waals surface area contributed by atoms with Crippen LogP contribution in [0.3, 0.4) is 0 Å². The number of amidine groups is 1. The topological polar surface area (TPSA) is 101 Å². The lowest BCUT2D eigenvalue weighted by Crippen LogP contribution is -2.48. The van der Waals surface area contributed by atoms with Crippen LogP contribution >= 0.6 is 0 Å². The van der Waals surface area contributed by atoms with Crippen molar-refractivity contribution in [2.75, 3.05) is 5.32 Å². The van der Waals surface area contributed by atoms with Crippen molar-refractivity contribution in [3.8, 4) is 0 Å². The number of carbonyl (C=O) groups is 3. The lowest BCUT2D eigenvalue weighted by atomic mass is 9.89. The molecule has 7 heteroatoms. The first kappa shape index (κ1) is 23.4. The number of Topliss-reactive ketones (excluding diaryl/α,β-unsaturated/α-hetero) is 1. The Morgan fingerprint density at radius 2 is 1.79 bits per heavy atom. The fourth-order valence-corrected chi connectivity index (χ4v) is 4.37. The molecule has 1 radical (unpaired) electrons. The number of carbonyl (C=O) groups excluding carboxylic acids is 3. The zero-order valence-electron chi connectivity index (χ0n) is 19.3. The van der Waals surface area contributed by atoms with E-state index in [1.165, 1.54) is 0 Å². The smallest absolute Gasteiger partial charge is 0.319 e. The molecule has 0 aliphatic carbocycles. The van der Waals surface area contributed by atoms with E-state index in [1.54, 1.807) is 13.1 Å². The van der Waals surface area contributed by atoms with E-state index in [4.69, 9.17) is 0 Å². The molecule has 2 atom stereocenters. The normalized spacial score (nSPS) is 17.6. The molecule has 2 aliphatic rings. The molecule has 2 amide bonds. The van der Waals surface area contributed by atoms with Gasteiger partial charge >= 0.3 is 5.84 Å². The number of rotatable bonds is 10. The van der Waals surface area contributed by atoms with Crippen LogP contribution in [0.1, 0.15) is 62.5 Å². The molecule has 2 aromatic carbocycles. The minimum atomic E-state index is -0.547. The summed E-state index contributed by atoms with van der Waals surface area (Å²) in [4.78, 5) is 41.4. The lowest BCUT2D eigenvalue weighted by Gasteiger charge is -2.26. The number of unbranched alkanes of at least 4 members (excludes halogenated alkanes) is 2. The summed E-state index contributed by atoms with van der Waals surface area (Å²) in [5.41, 5.74) is 3.41. The van der Waals surface area contributed by atoms with Gasteiger partial charge in [-0.15, -0.1) is 0 Å². The number of hydrogen-bond acceptors (Lipinski definition) is 5. The summed E-state index contributed by atoms with van der Waals surface area (Å²) in [6.45, 7) is 1.61. The molecule has 4 rings (SSSR count). The molecule has 34 heavy (non-hydrogen) atoms. The highest BCUT2D eigenvalue weighted by Crippen LogP contribution is 2.32. The fraction of sp³-hybridized carbons (Fsp3) is 0.333. The zero-order valence-corrected chi connectivity index (χ0v) is 19.3. The Morgan fingerprint density at radius 3 is 2.59 bits per heavy atom. The first-order valence-electron chi connectivity index (χ1n) is 11.8. The molecule has 0 saturated heterocycles. The van der Waals surface area contributed by atoms with E-state index in [0.717, 1.165) is 36.1 Å². The maximum Gasteiger partial charge on any atom is 0.319 e. The van der Waals surface area contributed by atoms with Crippen molar-refractivity contribution in [1.29, 1.82) is 0 Å².